The van der Waals surface area contributed by atoms with E-state index in [1.165, 1.54) is 18.1 Å². The van der Waals surface area contributed by atoms with Crippen LogP contribution in [0.15, 0.2) is 11.1 Å². The molecule has 0 bridgehead atoms. The van der Waals surface area contributed by atoms with E-state index in [1.807, 2.05) is 0 Å². The van der Waals surface area contributed by atoms with Crippen molar-refractivity contribution in [1.29, 1.82) is 0 Å². The lowest BCUT2D eigenvalue weighted by molar-refractivity contribution is -0.247. The van der Waals surface area contributed by atoms with Crippen molar-refractivity contribution in [2.75, 3.05) is 0 Å². The molecule has 1 aliphatic heterocycles. The molecule has 4 N–H and O–H groups in total. The first kappa shape index (κ1) is 36.3. The van der Waals surface area contributed by atoms with E-state index in [1.54, 1.807) is 13.8 Å². The molecule has 2 saturated carbocycles. The van der Waals surface area contributed by atoms with Gasteiger partial charge >= 0.3 is 17.9 Å². The molecule has 4 aliphatic carbocycles. The molecule has 0 aromatic carbocycles. The van der Waals surface area contributed by atoms with Crippen LogP contribution in [0.4, 0.5) is 0 Å². The number of allylic oxidation sites excluding steroid dienone is 2. The lowest BCUT2D eigenvalue weighted by atomic mass is 9.43. The molecule has 0 unspecified atom stereocenters. The summed E-state index contributed by atoms with van der Waals surface area (Å²) in [7, 11) is 0. The predicted molar refractivity (Wildman–Crippen MR) is 173 cm³/mol. The van der Waals surface area contributed by atoms with Gasteiger partial charge in [-0.05, 0) is 107 Å². The summed E-state index contributed by atoms with van der Waals surface area (Å²) in [5, 5.41) is 41.8. The third kappa shape index (κ3) is 5.87. The molecule has 10 nitrogen and oxygen atoms in total. The van der Waals surface area contributed by atoms with Crippen molar-refractivity contribution < 1.29 is 49.0 Å². The number of hydrogen-bond donors (Lipinski definition) is 4. The largest absolute Gasteiger partial charge is 0.481 e. The molecule has 47 heavy (non-hydrogen) atoms. The Hall–Kier alpha value is -2.01. The Balaban J connectivity index is 1.48. The van der Waals surface area contributed by atoms with Crippen molar-refractivity contribution in [3.05, 3.63) is 11.1 Å². The Kier molecular flexibility index (Phi) is 9.11. The fourth-order valence-electron chi connectivity index (χ4n) is 11.4. The molecule has 1 saturated heterocycles. The summed E-state index contributed by atoms with van der Waals surface area (Å²) >= 11 is 0. The van der Waals surface area contributed by atoms with Crippen molar-refractivity contribution in [2.24, 2.45) is 39.4 Å². The van der Waals surface area contributed by atoms with Gasteiger partial charge in [0.1, 0.15) is 12.2 Å². The minimum atomic E-state index is -2.23. The fourth-order valence-corrected chi connectivity index (χ4v) is 11.4. The number of rotatable bonds is 7. The van der Waals surface area contributed by atoms with E-state index in [9.17, 15) is 34.8 Å². The van der Waals surface area contributed by atoms with Gasteiger partial charge in [-0.2, -0.15) is 0 Å². The fraction of sp³-hybridized carbons (Fsp3) is 0.865. The smallest absolute Gasteiger partial charge is 0.338 e. The number of carboxylic acids is 1. The Bertz CT molecular complexity index is 1310. The first-order valence-corrected chi connectivity index (χ1v) is 17.6. The Morgan fingerprint density at radius 2 is 1.57 bits per heavy atom. The summed E-state index contributed by atoms with van der Waals surface area (Å²) in [5.41, 5.74) is -1.50. The Morgan fingerprint density at radius 3 is 2.15 bits per heavy atom. The van der Waals surface area contributed by atoms with Gasteiger partial charge in [0.05, 0.1) is 18.1 Å². The van der Waals surface area contributed by atoms with Gasteiger partial charge in [0.2, 0.25) is 0 Å². The monoisotopic (exact) mass is 662 g/mol. The van der Waals surface area contributed by atoms with E-state index in [4.69, 9.17) is 14.2 Å². The third-order valence-corrected chi connectivity index (χ3v) is 13.9. The van der Waals surface area contributed by atoms with Crippen molar-refractivity contribution in [1.82, 2.24) is 0 Å². The van der Waals surface area contributed by atoms with Crippen molar-refractivity contribution in [3.63, 3.8) is 0 Å². The lowest BCUT2D eigenvalue weighted by Gasteiger charge is -2.63. The maximum absolute atomic E-state index is 13.3. The highest BCUT2D eigenvalue weighted by molar-refractivity contribution is 5.84. The Morgan fingerprint density at radius 1 is 0.915 bits per heavy atom. The highest BCUT2D eigenvalue weighted by Gasteiger charge is 2.66. The van der Waals surface area contributed by atoms with Gasteiger partial charge in [0, 0.05) is 18.3 Å². The quantitative estimate of drug-likeness (QED) is 0.208. The van der Waals surface area contributed by atoms with Gasteiger partial charge in [-0.3, -0.25) is 9.59 Å². The van der Waals surface area contributed by atoms with E-state index in [0.717, 1.165) is 51.9 Å². The second kappa shape index (κ2) is 11.8. The molecule has 11 atom stereocenters. The first-order valence-electron chi connectivity index (χ1n) is 17.6. The summed E-state index contributed by atoms with van der Waals surface area (Å²) in [6, 6.07) is 0. The molecule has 5 rings (SSSR count). The zero-order chi connectivity index (χ0) is 35.1. The molecular formula is C37H58O10. The zero-order valence-corrected chi connectivity index (χ0v) is 29.9. The summed E-state index contributed by atoms with van der Waals surface area (Å²) in [4.78, 5) is 37.0. The topological polar surface area (TPSA) is 160 Å². The molecule has 10 heteroatoms. The summed E-state index contributed by atoms with van der Waals surface area (Å²) in [6.45, 7) is 17.1. The first-order chi connectivity index (χ1) is 21.5. The molecule has 266 valence electrons. The SMILES string of the molecule is CC(=O)O[C@H]1[C@H](OC(=O)[C@@](C)(O)CC(=O)O)C[C@]2(C)C3=C(CC[C@H]2C1(C)C)[C@]1(C)CC[C@H]([C@H]2CC[C@@H](C(C)(C)O)O[C@H]2O)[C@@]1(C)CC3. The van der Waals surface area contributed by atoms with E-state index < -0.39 is 65.5 Å². The van der Waals surface area contributed by atoms with Crippen LogP contribution in [0.25, 0.3) is 0 Å². The standard InChI is InChI=1S/C37H58O10/c1-20(38)45-29-25(46-31(42)37(9,44)19-28(39)40)18-34(6)23-15-17-35(7)22(21-10-13-27(33(4,5)43)47-30(21)41)14-16-36(35,8)24(23)11-12-26(34)32(29,2)3/h21-22,25-27,29-30,41,43-44H,10-19H2,1-9H3,(H,39,40)/t21-,22-,25-,26+,27+,29+,30-,34-,35-,36+,37+/m1/s1. The average molecular weight is 663 g/mol. The summed E-state index contributed by atoms with van der Waals surface area (Å²) < 4.78 is 17.9. The van der Waals surface area contributed by atoms with Gasteiger partial charge < -0.3 is 34.6 Å². The molecule has 0 aromatic heterocycles. The molecular weight excluding hydrogens is 604 g/mol. The predicted octanol–water partition coefficient (Wildman–Crippen LogP) is 5.30. The number of esters is 2. The lowest BCUT2D eigenvalue weighted by Crippen LogP contribution is -2.62. The van der Waals surface area contributed by atoms with Crippen LogP contribution in [-0.2, 0) is 28.6 Å². The summed E-state index contributed by atoms with van der Waals surface area (Å²) in [6.07, 6.45) is 3.78. The van der Waals surface area contributed by atoms with E-state index in [0.29, 0.717) is 12.8 Å². The van der Waals surface area contributed by atoms with Gasteiger partial charge in [-0.15, -0.1) is 0 Å². The third-order valence-electron chi connectivity index (χ3n) is 13.9. The highest BCUT2D eigenvalue weighted by Crippen LogP contribution is 2.73. The van der Waals surface area contributed by atoms with Crippen LogP contribution in [0.2, 0.25) is 0 Å². The molecule has 0 aromatic rings. The van der Waals surface area contributed by atoms with Crippen molar-refractivity contribution >= 4 is 17.9 Å². The van der Waals surface area contributed by atoms with E-state index >= 15 is 0 Å². The number of ether oxygens (including phenoxy) is 3. The number of carboxylic acid groups (broad SMARTS) is 1. The normalized spacial score (nSPS) is 42.8. The van der Waals surface area contributed by atoms with Crippen molar-refractivity contribution in [3.8, 4) is 0 Å². The molecule has 0 radical (unpaired) electrons. The number of carbonyl (C=O) groups is 3. The van der Waals surface area contributed by atoms with Crippen LogP contribution in [0.5, 0.6) is 0 Å². The van der Waals surface area contributed by atoms with Crippen LogP contribution in [0, 0.1) is 39.4 Å². The van der Waals surface area contributed by atoms with Crippen LogP contribution in [0.3, 0.4) is 0 Å². The highest BCUT2D eigenvalue weighted by atomic mass is 16.6. The molecule has 1 heterocycles. The van der Waals surface area contributed by atoms with Gasteiger partial charge in [-0.25, -0.2) is 4.79 Å². The van der Waals surface area contributed by atoms with Gasteiger partial charge in [-0.1, -0.05) is 45.8 Å². The number of aliphatic hydroxyl groups excluding tert-OH is 1. The molecule has 0 spiro atoms. The van der Waals surface area contributed by atoms with Crippen LogP contribution >= 0.6 is 0 Å². The minimum absolute atomic E-state index is 0.00464. The molecule has 5 aliphatic rings. The van der Waals surface area contributed by atoms with Crippen molar-refractivity contribution in [2.45, 2.75) is 162 Å². The number of hydrogen-bond acceptors (Lipinski definition) is 9. The van der Waals surface area contributed by atoms with Crippen LogP contribution in [-0.4, -0.2) is 74.1 Å². The number of carbonyl (C=O) groups excluding carboxylic acids is 2. The van der Waals surface area contributed by atoms with E-state index in [2.05, 4.69) is 34.6 Å². The van der Waals surface area contributed by atoms with Crippen LogP contribution < -0.4 is 0 Å². The summed E-state index contributed by atoms with van der Waals surface area (Å²) in [5.74, 6) is -2.45. The maximum Gasteiger partial charge on any atom is 0.338 e. The van der Waals surface area contributed by atoms with Gasteiger partial charge in [0.15, 0.2) is 11.9 Å². The average Bonchev–Trinajstić information content (AvgIpc) is 3.20. The number of aliphatic carboxylic acids is 1. The number of fused-ring (bicyclic) bond motifs is 4. The Labute approximate surface area is 279 Å². The molecule has 3 fully saturated rings. The second-order valence-electron chi connectivity index (χ2n) is 17.6. The number of aliphatic hydroxyl groups is 3. The maximum atomic E-state index is 13.3. The molecule has 0 amide bonds. The van der Waals surface area contributed by atoms with E-state index in [-0.39, 0.29) is 34.0 Å². The second-order valence-corrected chi connectivity index (χ2v) is 17.6. The van der Waals surface area contributed by atoms with Crippen LogP contribution in [0.1, 0.15) is 127 Å². The van der Waals surface area contributed by atoms with Gasteiger partial charge in [0.25, 0.3) is 0 Å². The zero-order valence-electron chi connectivity index (χ0n) is 29.9. The minimum Gasteiger partial charge on any atom is -0.481 e.